The Hall–Kier alpha value is -4.18. The van der Waals surface area contributed by atoms with Crippen LogP contribution in [0.3, 0.4) is 0 Å². The minimum atomic E-state index is -3.93. The van der Waals surface area contributed by atoms with Crippen LogP contribution in [0.15, 0.2) is 105 Å². The zero-order chi connectivity index (χ0) is 25.4. The first-order valence-corrected chi connectivity index (χ1v) is 12.2. The Kier molecular flexibility index (Phi) is 8.21. The van der Waals surface area contributed by atoms with Gasteiger partial charge in [-0.05, 0) is 56.3 Å². The minimum Gasteiger partial charge on any atom is -0.510 e. The second-order valence-corrected chi connectivity index (χ2v) is 9.16. The third kappa shape index (κ3) is 6.04. The molecule has 0 saturated carbocycles. The van der Waals surface area contributed by atoms with Crippen molar-refractivity contribution in [2.75, 3.05) is 23.3 Å². The minimum absolute atomic E-state index is 0.0297. The van der Waals surface area contributed by atoms with E-state index in [1.807, 2.05) is 0 Å². The van der Waals surface area contributed by atoms with Crippen LogP contribution in [0.1, 0.15) is 13.8 Å². The van der Waals surface area contributed by atoms with Crippen LogP contribution in [0.4, 0.5) is 17.1 Å². The van der Waals surface area contributed by atoms with Crippen LogP contribution < -0.4 is 14.4 Å². The average molecular weight is 495 g/mol. The molecule has 3 aromatic carbocycles. The molecule has 2 N–H and O–H groups in total. The highest BCUT2D eigenvalue weighted by atomic mass is 32.2. The van der Waals surface area contributed by atoms with E-state index < -0.39 is 15.9 Å². The van der Waals surface area contributed by atoms with Gasteiger partial charge in [-0.15, -0.1) is 10.2 Å². The molecule has 0 aliphatic carbocycles. The highest BCUT2D eigenvalue weighted by Crippen LogP contribution is 2.33. The normalized spacial score (nSPS) is 12.2. The molecule has 0 radical (unpaired) electrons. The summed E-state index contributed by atoms with van der Waals surface area (Å²) in [5.74, 6) is -0.788. The Bertz CT molecular complexity index is 1340. The Labute approximate surface area is 204 Å². The molecule has 0 atom stereocenters. The molecule has 0 spiro atoms. The maximum Gasteiger partial charge on any atom is 0.279 e. The molecular formula is C25H26N4O5S. The Morgan fingerprint density at radius 1 is 1.03 bits per heavy atom. The van der Waals surface area contributed by atoms with E-state index >= 15 is 0 Å². The van der Waals surface area contributed by atoms with E-state index in [0.717, 1.165) is 0 Å². The van der Waals surface area contributed by atoms with E-state index in [0.29, 0.717) is 11.4 Å². The highest BCUT2D eigenvalue weighted by molar-refractivity contribution is 7.92. The van der Waals surface area contributed by atoms with E-state index in [4.69, 9.17) is 4.74 Å². The van der Waals surface area contributed by atoms with Gasteiger partial charge in [0, 0.05) is 12.2 Å². The second kappa shape index (κ2) is 11.3. The molecule has 10 heteroatoms. The topological polar surface area (TPSA) is 121 Å². The lowest BCUT2D eigenvalue weighted by atomic mass is 10.3. The van der Waals surface area contributed by atoms with Gasteiger partial charge in [-0.1, -0.05) is 36.4 Å². The summed E-state index contributed by atoms with van der Waals surface area (Å²) in [5.41, 5.74) is 0.776. The van der Waals surface area contributed by atoms with Crippen molar-refractivity contribution in [3.8, 4) is 5.75 Å². The molecule has 1 amide bonds. The standard InChI is InChI=1S/C25H26N4O5S/c1-4-29(20-13-9-6-10-14-20)35(32,33)21-15-16-23(34-3)22(17-21)27-28-24(18(2)30)25(31)26-19-11-7-5-8-12-19/h5-17,30H,4H2,1-3H3,(H,26,31). The van der Waals surface area contributed by atoms with E-state index in [-0.39, 0.29) is 34.3 Å². The Balaban J connectivity index is 1.96. The van der Waals surface area contributed by atoms with Crippen molar-refractivity contribution in [3.63, 3.8) is 0 Å². The van der Waals surface area contributed by atoms with Crippen LogP contribution in [0.2, 0.25) is 0 Å². The van der Waals surface area contributed by atoms with Gasteiger partial charge in [0.2, 0.25) is 0 Å². The molecule has 0 aliphatic heterocycles. The summed E-state index contributed by atoms with van der Waals surface area (Å²) in [4.78, 5) is 12.6. The molecule has 0 aliphatic rings. The maximum absolute atomic E-state index is 13.4. The lowest BCUT2D eigenvalue weighted by molar-refractivity contribution is -0.113. The number of aliphatic hydroxyl groups excluding tert-OH is 1. The third-order valence-corrected chi connectivity index (χ3v) is 6.82. The molecule has 0 aromatic heterocycles. The SMILES string of the molecule is CCN(c1ccccc1)S(=O)(=O)c1ccc(OC)c(N=NC(C(=O)Nc2ccccc2)=C(C)O)c1. The van der Waals surface area contributed by atoms with E-state index in [2.05, 4.69) is 15.5 Å². The van der Waals surface area contributed by atoms with Gasteiger partial charge >= 0.3 is 0 Å². The quantitative estimate of drug-likeness (QED) is 0.234. The first-order valence-electron chi connectivity index (χ1n) is 10.7. The third-order valence-electron chi connectivity index (χ3n) is 4.92. The van der Waals surface area contributed by atoms with Gasteiger partial charge in [0.25, 0.3) is 15.9 Å². The fraction of sp³-hybridized carbons (Fsp3) is 0.160. The zero-order valence-electron chi connectivity index (χ0n) is 19.5. The summed E-state index contributed by atoms with van der Waals surface area (Å²) in [6.07, 6.45) is 0. The van der Waals surface area contributed by atoms with Gasteiger partial charge in [0.15, 0.2) is 5.70 Å². The predicted molar refractivity (Wildman–Crippen MR) is 135 cm³/mol. The molecule has 35 heavy (non-hydrogen) atoms. The van der Waals surface area contributed by atoms with Gasteiger partial charge in [-0.3, -0.25) is 9.10 Å². The summed E-state index contributed by atoms with van der Waals surface area (Å²) in [6.45, 7) is 3.25. The smallest absolute Gasteiger partial charge is 0.279 e. The molecule has 3 rings (SSSR count). The van der Waals surface area contributed by atoms with Gasteiger partial charge in [0.05, 0.1) is 17.7 Å². The molecule has 182 valence electrons. The fourth-order valence-electron chi connectivity index (χ4n) is 3.22. The number of anilines is 2. The number of amides is 1. The van der Waals surface area contributed by atoms with Crippen LogP contribution in [0.5, 0.6) is 5.75 Å². The highest BCUT2D eigenvalue weighted by Gasteiger charge is 2.25. The van der Waals surface area contributed by atoms with Crippen molar-refractivity contribution in [2.45, 2.75) is 18.7 Å². The summed E-state index contributed by atoms with van der Waals surface area (Å²) in [5, 5.41) is 20.6. The molecule has 0 unspecified atom stereocenters. The van der Waals surface area contributed by atoms with Crippen molar-refractivity contribution in [1.82, 2.24) is 0 Å². The zero-order valence-corrected chi connectivity index (χ0v) is 20.4. The number of sulfonamides is 1. The number of rotatable bonds is 9. The fourth-order valence-corrected chi connectivity index (χ4v) is 4.71. The Morgan fingerprint density at radius 2 is 1.66 bits per heavy atom. The molecule has 3 aromatic rings. The summed E-state index contributed by atoms with van der Waals surface area (Å²) < 4.78 is 33.3. The van der Waals surface area contributed by atoms with Gasteiger partial charge in [-0.25, -0.2) is 8.42 Å². The van der Waals surface area contributed by atoms with Crippen LogP contribution >= 0.6 is 0 Å². The predicted octanol–water partition coefficient (Wildman–Crippen LogP) is 5.42. The first-order chi connectivity index (χ1) is 16.8. The number of methoxy groups -OCH3 is 1. The van der Waals surface area contributed by atoms with Crippen LogP contribution in [-0.4, -0.2) is 33.1 Å². The summed E-state index contributed by atoms with van der Waals surface area (Å²) >= 11 is 0. The lowest BCUT2D eigenvalue weighted by Crippen LogP contribution is -2.30. The monoisotopic (exact) mass is 494 g/mol. The second-order valence-electron chi connectivity index (χ2n) is 7.29. The van der Waals surface area contributed by atoms with E-state index in [9.17, 15) is 18.3 Å². The molecule has 0 heterocycles. The largest absolute Gasteiger partial charge is 0.510 e. The number of azo groups is 1. The number of carbonyl (C=O) groups is 1. The number of benzene rings is 3. The molecule has 0 bridgehead atoms. The maximum atomic E-state index is 13.4. The van der Waals surface area contributed by atoms with E-state index in [1.165, 1.54) is 36.5 Å². The number of allylic oxidation sites excluding steroid dienone is 1. The summed E-state index contributed by atoms with van der Waals surface area (Å²) in [7, 11) is -2.52. The molecule has 9 nitrogen and oxygen atoms in total. The number of ether oxygens (including phenoxy) is 1. The van der Waals surface area contributed by atoms with Crippen LogP contribution in [-0.2, 0) is 14.8 Å². The number of carbonyl (C=O) groups excluding carboxylic acids is 1. The number of hydrogen-bond acceptors (Lipinski definition) is 7. The number of para-hydroxylation sites is 2. The van der Waals surface area contributed by atoms with E-state index in [1.54, 1.807) is 67.6 Å². The average Bonchev–Trinajstić information content (AvgIpc) is 2.85. The number of aliphatic hydroxyl groups is 1. The van der Waals surface area contributed by atoms with Crippen molar-refractivity contribution < 1.29 is 23.1 Å². The van der Waals surface area contributed by atoms with Crippen LogP contribution in [0.25, 0.3) is 0 Å². The van der Waals surface area contributed by atoms with Gasteiger partial charge in [0.1, 0.15) is 17.2 Å². The molecule has 0 fully saturated rings. The number of hydrogen-bond donors (Lipinski definition) is 2. The Morgan fingerprint density at radius 3 is 2.23 bits per heavy atom. The van der Waals surface area contributed by atoms with Crippen LogP contribution in [0, 0.1) is 0 Å². The number of nitrogens with zero attached hydrogens (tertiary/aromatic N) is 3. The summed E-state index contributed by atoms with van der Waals surface area (Å²) in [6, 6.07) is 21.6. The van der Waals surface area contributed by atoms with Crippen molar-refractivity contribution in [3.05, 3.63) is 90.3 Å². The molecular weight excluding hydrogens is 468 g/mol. The van der Waals surface area contributed by atoms with Crippen molar-refractivity contribution >= 4 is 33.0 Å². The lowest BCUT2D eigenvalue weighted by Gasteiger charge is -2.23. The van der Waals surface area contributed by atoms with Gasteiger partial charge in [-0.2, -0.15) is 0 Å². The first kappa shape index (κ1) is 25.4. The van der Waals surface area contributed by atoms with Gasteiger partial charge < -0.3 is 15.2 Å². The molecule has 0 saturated heterocycles. The van der Waals surface area contributed by atoms with Crippen molar-refractivity contribution in [2.24, 2.45) is 10.2 Å². The van der Waals surface area contributed by atoms with Crippen molar-refractivity contribution in [1.29, 1.82) is 0 Å². The number of nitrogens with one attached hydrogen (secondary N) is 1.